The molecule has 4 rings (SSSR count). The van der Waals surface area contributed by atoms with Gasteiger partial charge in [-0.25, -0.2) is 17.4 Å². The van der Waals surface area contributed by atoms with Gasteiger partial charge in [-0.3, -0.25) is 0 Å². The Bertz CT molecular complexity index is 1020. The Morgan fingerprint density at radius 3 is 2.74 bits per heavy atom. The number of halogens is 1. The lowest BCUT2D eigenvalue weighted by Gasteiger charge is -2.09. The summed E-state index contributed by atoms with van der Waals surface area (Å²) in [7, 11) is -3.67. The Morgan fingerprint density at radius 2 is 2.00 bits per heavy atom. The van der Waals surface area contributed by atoms with Crippen LogP contribution in [0.1, 0.15) is 11.1 Å². The number of anilines is 1. The molecule has 118 valence electrons. The maximum Gasteiger partial charge on any atom is 0.270 e. The Hall–Kier alpha value is -1.61. The van der Waals surface area contributed by atoms with E-state index >= 15 is 0 Å². The molecule has 0 spiro atoms. The summed E-state index contributed by atoms with van der Waals surface area (Å²) in [5, 5.41) is 4.19. The highest BCUT2D eigenvalue weighted by molar-refractivity contribution is 14.1. The summed E-state index contributed by atoms with van der Waals surface area (Å²) in [5.41, 5.74) is 3.64. The van der Waals surface area contributed by atoms with Gasteiger partial charge in [0, 0.05) is 18.1 Å². The molecule has 1 aromatic carbocycles. The van der Waals surface area contributed by atoms with Crippen molar-refractivity contribution in [2.45, 2.75) is 18.2 Å². The van der Waals surface area contributed by atoms with Crippen molar-refractivity contribution in [2.24, 2.45) is 0 Å². The summed E-state index contributed by atoms with van der Waals surface area (Å²) in [5.74, 6) is 0. The van der Waals surface area contributed by atoms with Gasteiger partial charge in [-0.2, -0.15) is 0 Å². The normalized spacial score (nSPS) is 14.0. The zero-order valence-corrected chi connectivity index (χ0v) is 15.3. The number of benzene rings is 1. The van der Waals surface area contributed by atoms with Crippen molar-refractivity contribution in [1.82, 2.24) is 8.96 Å². The molecule has 3 heterocycles. The molecule has 1 aliphatic heterocycles. The average Bonchev–Trinajstić information content (AvgIpc) is 3.10. The minimum atomic E-state index is -3.67. The van der Waals surface area contributed by atoms with Crippen LogP contribution in [0, 0.1) is 10.6 Å². The molecule has 0 unspecified atom stereocenters. The van der Waals surface area contributed by atoms with Gasteiger partial charge in [0.25, 0.3) is 10.0 Å². The average molecular weight is 439 g/mol. The number of rotatable bonds is 2. The second-order valence-electron chi connectivity index (χ2n) is 5.62. The first-order chi connectivity index (χ1) is 11.0. The molecule has 1 N–H and O–H groups in total. The van der Waals surface area contributed by atoms with E-state index in [-0.39, 0.29) is 4.90 Å². The van der Waals surface area contributed by atoms with Gasteiger partial charge in [-0.05, 0) is 59.7 Å². The largest absolute Gasteiger partial charge is 0.384 e. The molecule has 5 nitrogen and oxygen atoms in total. The Kier molecular flexibility index (Phi) is 3.38. The van der Waals surface area contributed by atoms with Crippen LogP contribution in [-0.2, 0) is 16.4 Å². The lowest BCUT2D eigenvalue weighted by Crippen LogP contribution is -2.15. The smallest absolute Gasteiger partial charge is 0.270 e. The van der Waals surface area contributed by atoms with Crippen LogP contribution in [0.4, 0.5) is 5.69 Å². The highest BCUT2D eigenvalue weighted by atomic mass is 127. The van der Waals surface area contributed by atoms with E-state index in [2.05, 4.69) is 32.9 Å². The number of nitrogens with one attached hydrogen (secondary N) is 1. The van der Waals surface area contributed by atoms with Crippen molar-refractivity contribution in [3.05, 3.63) is 51.4 Å². The van der Waals surface area contributed by atoms with Gasteiger partial charge in [0.15, 0.2) is 5.65 Å². The molecule has 3 aromatic rings. The van der Waals surface area contributed by atoms with Gasteiger partial charge in [0.05, 0.1) is 14.3 Å². The van der Waals surface area contributed by atoms with Crippen LogP contribution in [0.25, 0.3) is 11.0 Å². The number of aryl methyl sites for hydroxylation is 1. The third-order valence-corrected chi connectivity index (χ3v) is 6.92. The standard InChI is InChI=1S/C16H14IN3O2S/c1-10-2-4-12(5-3-10)23(21,22)20-14(17)8-13-15-11(6-7-18-15)9-19-16(13)20/h2-5,8-9,18H,6-7H2,1H3. The van der Waals surface area contributed by atoms with Crippen molar-refractivity contribution in [3.8, 4) is 0 Å². The van der Waals surface area contributed by atoms with E-state index in [0.717, 1.165) is 35.2 Å². The lowest BCUT2D eigenvalue weighted by molar-refractivity contribution is 0.588. The topological polar surface area (TPSA) is 64.0 Å². The molecule has 0 saturated heterocycles. The fourth-order valence-electron chi connectivity index (χ4n) is 2.90. The molecule has 1 aliphatic rings. The fourth-order valence-corrected chi connectivity index (χ4v) is 5.56. The third kappa shape index (κ3) is 2.25. The predicted molar refractivity (Wildman–Crippen MR) is 98.4 cm³/mol. The monoisotopic (exact) mass is 439 g/mol. The molecule has 0 amide bonds. The van der Waals surface area contributed by atoms with E-state index < -0.39 is 10.0 Å². The van der Waals surface area contributed by atoms with Crippen molar-refractivity contribution in [1.29, 1.82) is 0 Å². The zero-order chi connectivity index (χ0) is 16.2. The fraction of sp³-hybridized carbons (Fsp3) is 0.188. The van der Waals surface area contributed by atoms with Crippen LogP contribution in [0.15, 0.2) is 41.4 Å². The predicted octanol–water partition coefficient (Wildman–Crippen LogP) is 3.15. The highest BCUT2D eigenvalue weighted by Gasteiger charge is 2.26. The summed E-state index contributed by atoms with van der Waals surface area (Å²) in [6.45, 7) is 2.80. The Balaban J connectivity index is 1.99. The van der Waals surface area contributed by atoms with E-state index in [4.69, 9.17) is 0 Å². The van der Waals surface area contributed by atoms with Crippen molar-refractivity contribution >= 4 is 49.3 Å². The number of fused-ring (bicyclic) bond motifs is 3. The van der Waals surface area contributed by atoms with E-state index in [1.807, 2.05) is 13.0 Å². The third-order valence-electron chi connectivity index (χ3n) is 4.08. The Morgan fingerprint density at radius 1 is 1.26 bits per heavy atom. The zero-order valence-electron chi connectivity index (χ0n) is 12.4. The molecule has 2 aromatic heterocycles. The van der Waals surface area contributed by atoms with Crippen LogP contribution >= 0.6 is 22.6 Å². The first-order valence-corrected chi connectivity index (χ1v) is 9.75. The second kappa shape index (κ2) is 5.20. The quantitative estimate of drug-likeness (QED) is 0.624. The molecular formula is C16H14IN3O2S. The molecule has 0 bridgehead atoms. The number of nitrogens with zero attached hydrogens (tertiary/aromatic N) is 2. The number of hydrogen-bond donors (Lipinski definition) is 1. The SMILES string of the molecule is Cc1ccc(S(=O)(=O)n2c(I)cc3c4c(cnc32)CCN4)cc1. The molecule has 0 atom stereocenters. The van der Waals surface area contributed by atoms with Gasteiger partial charge in [0.1, 0.15) is 0 Å². The highest BCUT2D eigenvalue weighted by Crippen LogP contribution is 2.34. The molecule has 23 heavy (non-hydrogen) atoms. The number of aromatic nitrogens is 2. The van der Waals surface area contributed by atoms with Crippen LogP contribution in [0.3, 0.4) is 0 Å². The molecule has 0 saturated carbocycles. The summed E-state index contributed by atoms with van der Waals surface area (Å²) in [6, 6.07) is 8.76. The van der Waals surface area contributed by atoms with Crippen molar-refractivity contribution in [3.63, 3.8) is 0 Å². The van der Waals surface area contributed by atoms with E-state index in [1.165, 1.54) is 3.97 Å². The summed E-state index contributed by atoms with van der Waals surface area (Å²) < 4.78 is 28.0. The van der Waals surface area contributed by atoms with Crippen molar-refractivity contribution in [2.75, 3.05) is 11.9 Å². The van der Waals surface area contributed by atoms with E-state index in [1.54, 1.807) is 30.5 Å². The maximum atomic E-state index is 13.0. The summed E-state index contributed by atoms with van der Waals surface area (Å²) in [4.78, 5) is 4.69. The second-order valence-corrected chi connectivity index (χ2v) is 8.51. The minimum Gasteiger partial charge on any atom is -0.384 e. The van der Waals surface area contributed by atoms with Gasteiger partial charge in [-0.15, -0.1) is 0 Å². The first kappa shape index (κ1) is 14.9. The molecule has 0 radical (unpaired) electrons. The van der Waals surface area contributed by atoms with Crippen LogP contribution < -0.4 is 5.32 Å². The van der Waals surface area contributed by atoms with Crippen molar-refractivity contribution < 1.29 is 8.42 Å². The minimum absolute atomic E-state index is 0.272. The molecule has 0 fully saturated rings. The maximum absolute atomic E-state index is 13.0. The lowest BCUT2D eigenvalue weighted by atomic mass is 10.2. The number of pyridine rings is 1. The first-order valence-electron chi connectivity index (χ1n) is 7.23. The van der Waals surface area contributed by atoms with Gasteiger partial charge < -0.3 is 5.32 Å². The molecular weight excluding hydrogens is 425 g/mol. The summed E-state index contributed by atoms with van der Waals surface area (Å²) in [6.07, 6.45) is 2.69. The molecule has 0 aliphatic carbocycles. The van der Waals surface area contributed by atoms with Gasteiger partial charge in [-0.1, -0.05) is 17.7 Å². The number of hydrogen-bond acceptors (Lipinski definition) is 4. The molecule has 7 heteroatoms. The van der Waals surface area contributed by atoms with Gasteiger partial charge >= 0.3 is 0 Å². The van der Waals surface area contributed by atoms with E-state index in [9.17, 15) is 8.42 Å². The van der Waals surface area contributed by atoms with Gasteiger partial charge in [0.2, 0.25) is 0 Å². The van der Waals surface area contributed by atoms with E-state index in [0.29, 0.717) is 9.35 Å². The Labute approximate surface area is 147 Å². The van der Waals surface area contributed by atoms with Crippen LogP contribution in [0.5, 0.6) is 0 Å². The van der Waals surface area contributed by atoms with Crippen LogP contribution in [0.2, 0.25) is 0 Å². The van der Waals surface area contributed by atoms with Crippen LogP contribution in [-0.4, -0.2) is 23.9 Å². The summed E-state index contributed by atoms with van der Waals surface area (Å²) >= 11 is 2.05.